The lowest BCUT2D eigenvalue weighted by molar-refractivity contribution is -0.190. The predicted molar refractivity (Wildman–Crippen MR) is 66.0 cm³/mol. The van der Waals surface area contributed by atoms with Crippen LogP contribution in [0.2, 0.25) is 0 Å². The van der Waals surface area contributed by atoms with Crippen LogP contribution in [0.1, 0.15) is 38.5 Å². The minimum Gasteiger partial charge on any atom is -0.383 e. The second-order valence-electron chi connectivity index (χ2n) is 4.95. The van der Waals surface area contributed by atoms with Crippen LogP contribution >= 0.6 is 0 Å². The van der Waals surface area contributed by atoms with Crippen LogP contribution in [0, 0.1) is 0 Å². The van der Waals surface area contributed by atoms with Gasteiger partial charge in [-0.25, -0.2) is 0 Å². The first kappa shape index (κ1) is 13.3. The van der Waals surface area contributed by atoms with E-state index in [1.54, 1.807) is 7.11 Å². The van der Waals surface area contributed by atoms with Crippen LogP contribution in [-0.2, 0) is 14.2 Å². The standard InChI is InChI=1S/C13H25NO3/c1-15-10-8-14-11-5-4-6-12(11)17-13-7-2-3-9-16-13/h11-14H,2-10H2,1H3/t11-,12-,13?/m0/s1. The summed E-state index contributed by atoms with van der Waals surface area (Å²) >= 11 is 0. The molecule has 0 bridgehead atoms. The molecule has 1 unspecified atom stereocenters. The fourth-order valence-corrected chi connectivity index (χ4v) is 2.68. The molecule has 0 aromatic heterocycles. The molecule has 0 aromatic carbocycles. The fourth-order valence-electron chi connectivity index (χ4n) is 2.68. The summed E-state index contributed by atoms with van der Waals surface area (Å²) in [6.45, 7) is 2.54. The summed E-state index contributed by atoms with van der Waals surface area (Å²) in [6, 6.07) is 0.482. The van der Waals surface area contributed by atoms with Crippen LogP contribution in [0.4, 0.5) is 0 Å². The Hall–Kier alpha value is -0.160. The van der Waals surface area contributed by atoms with Crippen molar-refractivity contribution in [1.29, 1.82) is 0 Å². The van der Waals surface area contributed by atoms with E-state index in [1.807, 2.05) is 0 Å². The second-order valence-corrected chi connectivity index (χ2v) is 4.95. The van der Waals surface area contributed by atoms with Crippen LogP contribution in [0.3, 0.4) is 0 Å². The van der Waals surface area contributed by atoms with Crippen molar-refractivity contribution in [3.05, 3.63) is 0 Å². The summed E-state index contributed by atoms with van der Waals surface area (Å²) in [4.78, 5) is 0. The Morgan fingerprint density at radius 2 is 2.12 bits per heavy atom. The van der Waals surface area contributed by atoms with Crippen molar-refractivity contribution in [3.63, 3.8) is 0 Å². The van der Waals surface area contributed by atoms with Crippen molar-refractivity contribution in [2.45, 2.75) is 57.0 Å². The van der Waals surface area contributed by atoms with Gasteiger partial charge in [0.1, 0.15) is 0 Å². The number of nitrogens with one attached hydrogen (secondary N) is 1. The highest BCUT2D eigenvalue weighted by atomic mass is 16.7. The summed E-state index contributed by atoms with van der Waals surface area (Å²) in [5.41, 5.74) is 0. The summed E-state index contributed by atoms with van der Waals surface area (Å²) in [5.74, 6) is 0. The van der Waals surface area contributed by atoms with E-state index in [9.17, 15) is 0 Å². The Morgan fingerprint density at radius 3 is 2.88 bits per heavy atom. The molecule has 2 aliphatic rings. The van der Waals surface area contributed by atoms with Gasteiger partial charge in [-0.05, 0) is 38.5 Å². The molecule has 3 atom stereocenters. The lowest BCUT2D eigenvalue weighted by Gasteiger charge is -2.29. The van der Waals surface area contributed by atoms with E-state index >= 15 is 0 Å². The van der Waals surface area contributed by atoms with E-state index in [4.69, 9.17) is 14.2 Å². The molecule has 0 radical (unpaired) electrons. The Labute approximate surface area is 104 Å². The highest BCUT2D eigenvalue weighted by molar-refractivity contribution is 4.84. The first-order chi connectivity index (χ1) is 8.40. The molecule has 17 heavy (non-hydrogen) atoms. The average Bonchev–Trinajstić information content (AvgIpc) is 2.79. The van der Waals surface area contributed by atoms with Crippen molar-refractivity contribution < 1.29 is 14.2 Å². The third-order valence-corrected chi connectivity index (χ3v) is 3.63. The zero-order valence-electron chi connectivity index (χ0n) is 10.8. The van der Waals surface area contributed by atoms with Gasteiger partial charge in [0.25, 0.3) is 0 Å². The molecule has 0 amide bonds. The third kappa shape index (κ3) is 4.21. The van der Waals surface area contributed by atoms with Gasteiger partial charge >= 0.3 is 0 Å². The Balaban J connectivity index is 1.70. The molecule has 1 aliphatic heterocycles. The summed E-state index contributed by atoms with van der Waals surface area (Å²) in [7, 11) is 1.74. The summed E-state index contributed by atoms with van der Waals surface area (Å²) in [5, 5.41) is 3.52. The smallest absolute Gasteiger partial charge is 0.158 e. The van der Waals surface area contributed by atoms with Crippen molar-refractivity contribution in [3.8, 4) is 0 Å². The fraction of sp³-hybridized carbons (Fsp3) is 1.00. The molecule has 1 saturated heterocycles. The Kier molecular flexibility index (Phi) is 5.71. The molecule has 0 aromatic rings. The summed E-state index contributed by atoms with van der Waals surface area (Å²) < 4.78 is 16.8. The number of ether oxygens (including phenoxy) is 3. The molecule has 2 rings (SSSR count). The number of hydrogen-bond acceptors (Lipinski definition) is 4. The Bertz CT molecular complexity index is 207. The quantitative estimate of drug-likeness (QED) is 0.721. The maximum atomic E-state index is 6.07. The van der Waals surface area contributed by atoms with Crippen molar-refractivity contribution >= 4 is 0 Å². The van der Waals surface area contributed by atoms with Gasteiger partial charge in [-0.2, -0.15) is 0 Å². The van der Waals surface area contributed by atoms with Gasteiger partial charge in [-0.3, -0.25) is 0 Å². The lowest BCUT2D eigenvalue weighted by atomic mass is 10.2. The first-order valence-electron chi connectivity index (χ1n) is 6.89. The highest BCUT2D eigenvalue weighted by Gasteiger charge is 2.30. The molecule has 1 aliphatic carbocycles. The largest absolute Gasteiger partial charge is 0.383 e. The molecular formula is C13H25NO3. The maximum Gasteiger partial charge on any atom is 0.158 e. The second kappa shape index (κ2) is 7.31. The Morgan fingerprint density at radius 1 is 1.18 bits per heavy atom. The molecular weight excluding hydrogens is 218 g/mol. The molecule has 1 saturated carbocycles. The molecule has 4 heteroatoms. The number of methoxy groups -OCH3 is 1. The van der Waals surface area contributed by atoms with Crippen LogP contribution in [-0.4, -0.2) is 45.3 Å². The zero-order valence-corrected chi connectivity index (χ0v) is 10.8. The van der Waals surface area contributed by atoms with E-state index in [1.165, 1.54) is 25.7 Å². The average molecular weight is 243 g/mol. The van der Waals surface area contributed by atoms with Crippen molar-refractivity contribution in [2.24, 2.45) is 0 Å². The molecule has 1 heterocycles. The number of rotatable bonds is 6. The van der Waals surface area contributed by atoms with Gasteiger partial charge in [0, 0.05) is 26.3 Å². The minimum atomic E-state index is 0.0403. The van der Waals surface area contributed by atoms with Gasteiger partial charge in [-0.15, -0.1) is 0 Å². The van der Waals surface area contributed by atoms with E-state index in [0.717, 1.165) is 32.6 Å². The SMILES string of the molecule is COCCN[C@H]1CCC[C@@H]1OC1CCCCO1. The van der Waals surface area contributed by atoms with Gasteiger partial charge < -0.3 is 19.5 Å². The van der Waals surface area contributed by atoms with Crippen molar-refractivity contribution in [1.82, 2.24) is 5.32 Å². The molecule has 4 nitrogen and oxygen atoms in total. The van der Waals surface area contributed by atoms with E-state index in [2.05, 4.69) is 5.32 Å². The molecule has 2 fully saturated rings. The van der Waals surface area contributed by atoms with E-state index < -0.39 is 0 Å². The van der Waals surface area contributed by atoms with Gasteiger partial charge in [-0.1, -0.05) is 0 Å². The van der Waals surface area contributed by atoms with E-state index in [0.29, 0.717) is 12.1 Å². The topological polar surface area (TPSA) is 39.7 Å². The van der Waals surface area contributed by atoms with Crippen molar-refractivity contribution in [2.75, 3.05) is 26.9 Å². The van der Waals surface area contributed by atoms with Gasteiger partial charge in [0.15, 0.2) is 6.29 Å². The molecule has 0 spiro atoms. The van der Waals surface area contributed by atoms with Crippen LogP contribution in [0.25, 0.3) is 0 Å². The summed E-state index contributed by atoms with van der Waals surface area (Å²) in [6.07, 6.45) is 7.46. The van der Waals surface area contributed by atoms with Gasteiger partial charge in [0.2, 0.25) is 0 Å². The third-order valence-electron chi connectivity index (χ3n) is 3.63. The van der Waals surface area contributed by atoms with Gasteiger partial charge in [0.05, 0.1) is 12.7 Å². The zero-order chi connectivity index (χ0) is 11.9. The normalized spacial score (nSPS) is 34.1. The molecule has 1 N–H and O–H groups in total. The monoisotopic (exact) mass is 243 g/mol. The highest BCUT2D eigenvalue weighted by Crippen LogP contribution is 2.26. The minimum absolute atomic E-state index is 0.0403. The van der Waals surface area contributed by atoms with Crippen LogP contribution in [0.5, 0.6) is 0 Å². The number of hydrogen-bond donors (Lipinski definition) is 1. The predicted octanol–water partition coefficient (Wildman–Crippen LogP) is 1.69. The maximum absolute atomic E-state index is 6.07. The first-order valence-corrected chi connectivity index (χ1v) is 6.89. The van der Waals surface area contributed by atoms with Crippen LogP contribution in [0.15, 0.2) is 0 Å². The van der Waals surface area contributed by atoms with E-state index in [-0.39, 0.29) is 6.29 Å². The lowest BCUT2D eigenvalue weighted by Crippen LogP contribution is -2.41. The molecule has 100 valence electrons. The van der Waals surface area contributed by atoms with Crippen LogP contribution < -0.4 is 5.32 Å².